The number of hydrogen-bond donors (Lipinski definition) is 2. The van der Waals surface area contributed by atoms with Crippen LogP contribution in [0.25, 0.3) is 0 Å². The topological polar surface area (TPSA) is 78.1 Å². The van der Waals surface area contributed by atoms with Crippen molar-refractivity contribution in [3.8, 4) is 0 Å². The maximum Gasteiger partial charge on any atom is 0.254 e. The number of nitrogens with one attached hydrogen (secondary N) is 2. The fraction of sp³-hybridized carbons (Fsp3) is 0.500. The summed E-state index contributed by atoms with van der Waals surface area (Å²) in [6, 6.07) is 8.83. The van der Waals surface area contributed by atoms with E-state index >= 15 is 0 Å². The number of H-pyrrole nitrogens is 1. The molecule has 0 fully saturated rings. The van der Waals surface area contributed by atoms with Crippen LogP contribution in [-0.4, -0.2) is 39.9 Å². The maximum atomic E-state index is 12.5. The second-order valence-corrected chi connectivity index (χ2v) is 8.00. The van der Waals surface area contributed by atoms with Crippen LogP contribution >= 0.6 is 0 Å². The molecule has 0 saturated carbocycles. The van der Waals surface area contributed by atoms with Gasteiger partial charge in [0.2, 0.25) is 5.91 Å². The molecule has 28 heavy (non-hydrogen) atoms. The summed E-state index contributed by atoms with van der Waals surface area (Å²) in [6.45, 7) is 10.4. The van der Waals surface area contributed by atoms with Crippen LogP contribution in [0, 0.1) is 19.8 Å². The number of fused-ring (bicyclic) bond motifs is 1. The molecule has 0 bridgehead atoms. The molecular formula is C22H30N4O2. The molecule has 3 rings (SSSR count). The summed E-state index contributed by atoms with van der Waals surface area (Å²) in [7, 11) is 0. The van der Waals surface area contributed by atoms with E-state index in [0.717, 1.165) is 19.5 Å². The van der Waals surface area contributed by atoms with Crippen molar-refractivity contribution < 1.29 is 4.79 Å². The van der Waals surface area contributed by atoms with Crippen LogP contribution in [0.5, 0.6) is 0 Å². The van der Waals surface area contributed by atoms with Crippen LogP contribution in [0.1, 0.15) is 42.1 Å². The monoisotopic (exact) mass is 382 g/mol. The number of aryl methyl sites for hydroxylation is 2. The molecule has 2 heterocycles. The molecule has 1 aromatic heterocycles. The van der Waals surface area contributed by atoms with E-state index in [2.05, 4.69) is 58.3 Å². The molecule has 0 saturated heterocycles. The smallest absolute Gasteiger partial charge is 0.254 e. The van der Waals surface area contributed by atoms with Crippen LogP contribution in [-0.2, 0) is 24.2 Å². The minimum Gasteiger partial charge on any atom is -0.354 e. The SMILES string of the molecule is Cc1nc(C)c(CC(=O)NC[C@H](C(C)C)N2CCc3ccccc3C2)c(=O)[nH]1. The van der Waals surface area contributed by atoms with Crippen molar-refractivity contribution in [1.29, 1.82) is 0 Å². The van der Waals surface area contributed by atoms with Gasteiger partial charge in [0.05, 0.1) is 6.42 Å². The van der Waals surface area contributed by atoms with Crippen molar-refractivity contribution in [3.63, 3.8) is 0 Å². The van der Waals surface area contributed by atoms with Gasteiger partial charge in [-0.15, -0.1) is 0 Å². The minimum absolute atomic E-state index is 0.0576. The van der Waals surface area contributed by atoms with Crippen molar-refractivity contribution in [3.05, 3.63) is 62.8 Å². The Labute approximate surface area is 166 Å². The third-order valence-electron chi connectivity index (χ3n) is 5.59. The van der Waals surface area contributed by atoms with E-state index in [4.69, 9.17) is 0 Å². The average Bonchev–Trinajstić information content (AvgIpc) is 2.64. The fourth-order valence-corrected chi connectivity index (χ4v) is 3.99. The molecule has 0 unspecified atom stereocenters. The summed E-state index contributed by atoms with van der Waals surface area (Å²) in [5, 5.41) is 3.04. The molecule has 0 aliphatic carbocycles. The third kappa shape index (κ3) is 4.68. The molecular weight excluding hydrogens is 352 g/mol. The van der Waals surface area contributed by atoms with Gasteiger partial charge in [-0.05, 0) is 37.3 Å². The minimum atomic E-state index is -0.229. The molecule has 1 aromatic carbocycles. The summed E-state index contributed by atoms with van der Waals surface area (Å²) in [5.74, 6) is 0.843. The van der Waals surface area contributed by atoms with Crippen LogP contribution in [0.15, 0.2) is 29.1 Å². The second kappa shape index (κ2) is 8.69. The van der Waals surface area contributed by atoms with Crippen molar-refractivity contribution in [1.82, 2.24) is 20.2 Å². The summed E-state index contributed by atoms with van der Waals surface area (Å²) in [4.78, 5) is 34.0. The number of carbonyl (C=O) groups is 1. The number of amides is 1. The van der Waals surface area contributed by atoms with Crippen molar-refractivity contribution in [2.75, 3.05) is 13.1 Å². The zero-order chi connectivity index (χ0) is 20.3. The van der Waals surface area contributed by atoms with Crippen molar-refractivity contribution in [2.45, 2.75) is 53.1 Å². The molecule has 0 radical (unpaired) electrons. The lowest BCUT2D eigenvalue weighted by Crippen LogP contribution is -2.49. The number of aromatic amines is 1. The normalized spacial score (nSPS) is 15.3. The lowest BCUT2D eigenvalue weighted by Gasteiger charge is -2.38. The van der Waals surface area contributed by atoms with Gasteiger partial charge in [0, 0.05) is 36.9 Å². The van der Waals surface area contributed by atoms with E-state index in [-0.39, 0.29) is 23.9 Å². The van der Waals surface area contributed by atoms with Gasteiger partial charge in [0.25, 0.3) is 5.56 Å². The highest BCUT2D eigenvalue weighted by Gasteiger charge is 2.26. The summed E-state index contributed by atoms with van der Waals surface area (Å²) >= 11 is 0. The van der Waals surface area contributed by atoms with Crippen molar-refractivity contribution >= 4 is 5.91 Å². The van der Waals surface area contributed by atoms with E-state index in [0.29, 0.717) is 29.5 Å². The zero-order valence-electron chi connectivity index (χ0n) is 17.2. The second-order valence-electron chi connectivity index (χ2n) is 8.00. The Morgan fingerprint density at radius 2 is 1.96 bits per heavy atom. The lowest BCUT2D eigenvalue weighted by atomic mass is 9.95. The molecule has 2 aromatic rings. The average molecular weight is 383 g/mol. The Bertz CT molecular complexity index is 904. The number of aromatic nitrogens is 2. The van der Waals surface area contributed by atoms with E-state index in [1.165, 1.54) is 11.1 Å². The Morgan fingerprint density at radius 1 is 1.25 bits per heavy atom. The third-order valence-corrected chi connectivity index (χ3v) is 5.59. The number of nitrogens with zero attached hydrogens (tertiary/aromatic N) is 2. The molecule has 6 nitrogen and oxygen atoms in total. The van der Waals surface area contributed by atoms with Gasteiger partial charge in [-0.25, -0.2) is 4.98 Å². The summed E-state index contributed by atoms with van der Waals surface area (Å²) in [5.41, 5.74) is 3.62. The van der Waals surface area contributed by atoms with Gasteiger partial charge in [0.15, 0.2) is 0 Å². The standard InChI is InChI=1S/C22H30N4O2/c1-14(2)20(26-10-9-17-7-5-6-8-18(17)13-26)12-23-21(27)11-19-15(3)24-16(4)25-22(19)28/h5-8,14,20H,9-13H2,1-4H3,(H,23,27)(H,24,25,28)/t20-/m1/s1. The van der Waals surface area contributed by atoms with E-state index < -0.39 is 0 Å². The first kappa shape index (κ1) is 20.3. The largest absolute Gasteiger partial charge is 0.354 e. The Morgan fingerprint density at radius 3 is 2.64 bits per heavy atom. The van der Waals surface area contributed by atoms with E-state index in [1.54, 1.807) is 13.8 Å². The van der Waals surface area contributed by atoms with Crippen LogP contribution in [0.2, 0.25) is 0 Å². The van der Waals surface area contributed by atoms with Crippen LogP contribution in [0.3, 0.4) is 0 Å². The first-order valence-corrected chi connectivity index (χ1v) is 9.99. The number of benzene rings is 1. The maximum absolute atomic E-state index is 12.5. The highest BCUT2D eigenvalue weighted by atomic mass is 16.2. The number of hydrogen-bond acceptors (Lipinski definition) is 4. The molecule has 0 spiro atoms. The first-order chi connectivity index (χ1) is 13.3. The highest BCUT2D eigenvalue weighted by Crippen LogP contribution is 2.22. The predicted octanol–water partition coefficient (Wildman–Crippen LogP) is 2.13. The van der Waals surface area contributed by atoms with Gasteiger partial charge in [0.1, 0.15) is 5.82 Å². The van der Waals surface area contributed by atoms with Crippen LogP contribution < -0.4 is 10.9 Å². The van der Waals surface area contributed by atoms with Gasteiger partial charge in [-0.2, -0.15) is 0 Å². The summed E-state index contributed by atoms with van der Waals surface area (Å²) < 4.78 is 0. The highest BCUT2D eigenvalue weighted by molar-refractivity contribution is 5.78. The summed E-state index contributed by atoms with van der Waals surface area (Å²) in [6.07, 6.45) is 1.10. The molecule has 150 valence electrons. The van der Waals surface area contributed by atoms with Gasteiger partial charge in [-0.1, -0.05) is 38.1 Å². The lowest BCUT2D eigenvalue weighted by molar-refractivity contribution is -0.120. The van der Waals surface area contributed by atoms with E-state index in [1.807, 2.05) is 0 Å². The van der Waals surface area contributed by atoms with Gasteiger partial charge < -0.3 is 10.3 Å². The first-order valence-electron chi connectivity index (χ1n) is 9.99. The molecule has 1 aliphatic heterocycles. The molecule has 2 N–H and O–H groups in total. The number of rotatable bonds is 6. The predicted molar refractivity (Wildman–Crippen MR) is 110 cm³/mol. The Balaban J connectivity index is 1.63. The van der Waals surface area contributed by atoms with E-state index in [9.17, 15) is 9.59 Å². The Hall–Kier alpha value is -2.47. The molecule has 1 amide bonds. The molecule has 1 aliphatic rings. The van der Waals surface area contributed by atoms with Gasteiger partial charge in [-0.3, -0.25) is 14.5 Å². The Kier molecular flexibility index (Phi) is 6.29. The zero-order valence-corrected chi connectivity index (χ0v) is 17.2. The van der Waals surface area contributed by atoms with Crippen molar-refractivity contribution in [2.24, 2.45) is 5.92 Å². The molecule has 6 heteroatoms. The quantitative estimate of drug-likeness (QED) is 0.802. The molecule has 1 atom stereocenters. The van der Waals surface area contributed by atoms with Crippen LogP contribution in [0.4, 0.5) is 0 Å². The fourth-order valence-electron chi connectivity index (χ4n) is 3.99. The van der Waals surface area contributed by atoms with Gasteiger partial charge >= 0.3 is 0 Å². The number of carbonyl (C=O) groups excluding carboxylic acids is 1.